The molecule has 0 aliphatic carbocycles. The number of amides is 2. The summed E-state index contributed by atoms with van der Waals surface area (Å²) in [4.78, 5) is 26.4. The number of halogens is 1. The van der Waals surface area contributed by atoms with E-state index in [-0.39, 0.29) is 18.5 Å². The number of hydrogen-bond acceptors (Lipinski definition) is 4. The first-order valence-electron chi connectivity index (χ1n) is 9.47. The zero-order valence-corrected chi connectivity index (χ0v) is 17.4. The monoisotopic (exact) mass is 416 g/mol. The summed E-state index contributed by atoms with van der Waals surface area (Å²) in [5.41, 5.74) is 1.41. The highest BCUT2D eigenvalue weighted by atomic mass is 35.5. The van der Waals surface area contributed by atoms with Crippen LogP contribution in [0, 0.1) is 0 Å². The van der Waals surface area contributed by atoms with Gasteiger partial charge in [0.25, 0.3) is 5.91 Å². The Morgan fingerprint density at radius 1 is 1.10 bits per heavy atom. The molecule has 2 atom stereocenters. The van der Waals surface area contributed by atoms with Crippen molar-refractivity contribution >= 4 is 29.3 Å². The third kappa shape index (κ3) is 5.49. The first kappa shape index (κ1) is 21.1. The van der Waals surface area contributed by atoms with Gasteiger partial charge >= 0.3 is 6.09 Å². The van der Waals surface area contributed by atoms with Gasteiger partial charge in [-0.1, -0.05) is 23.7 Å². The van der Waals surface area contributed by atoms with Crippen LogP contribution in [-0.2, 0) is 4.74 Å². The summed E-state index contributed by atoms with van der Waals surface area (Å²) in [5, 5.41) is 13.5. The van der Waals surface area contributed by atoms with Crippen LogP contribution in [0.3, 0.4) is 0 Å². The van der Waals surface area contributed by atoms with Gasteiger partial charge in [-0.05, 0) is 69.2 Å². The summed E-state index contributed by atoms with van der Waals surface area (Å²) >= 11 is 5.85. The first-order chi connectivity index (χ1) is 13.6. The van der Waals surface area contributed by atoms with E-state index in [0.717, 1.165) is 5.56 Å². The fraction of sp³-hybridized carbons (Fsp3) is 0.364. The minimum atomic E-state index is -0.606. The number of nitrogens with one attached hydrogen (secondary N) is 1. The Bertz CT molecular complexity index is 875. The molecule has 0 saturated carbocycles. The van der Waals surface area contributed by atoms with Gasteiger partial charge in [0.2, 0.25) is 0 Å². The number of hydrogen-bond donors (Lipinski definition) is 2. The largest absolute Gasteiger partial charge is 0.444 e. The number of benzene rings is 2. The van der Waals surface area contributed by atoms with Gasteiger partial charge in [0.15, 0.2) is 0 Å². The number of ether oxygens (including phenoxy) is 1. The Kier molecular flexibility index (Phi) is 6.15. The quantitative estimate of drug-likeness (QED) is 0.764. The molecule has 7 heteroatoms. The number of aliphatic hydroxyl groups excluding tert-OH is 1. The molecule has 1 aliphatic rings. The SMILES string of the molecule is CC(C)(C)OC(=O)N1CC(O)CC1c1ccc(NC(=O)c2ccc(Cl)cc2)cc1. The Labute approximate surface area is 175 Å². The third-order valence-electron chi connectivity index (χ3n) is 4.57. The van der Waals surface area contributed by atoms with Crippen LogP contribution in [0.2, 0.25) is 5.02 Å². The molecule has 154 valence electrons. The molecule has 2 aromatic rings. The highest BCUT2D eigenvalue weighted by molar-refractivity contribution is 6.30. The Balaban J connectivity index is 1.70. The second-order valence-electron chi connectivity index (χ2n) is 8.12. The lowest BCUT2D eigenvalue weighted by Crippen LogP contribution is -2.37. The lowest BCUT2D eigenvalue weighted by Gasteiger charge is -2.28. The van der Waals surface area contributed by atoms with Gasteiger partial charge in [-0.2, -0.15) is 0 Å². The van der Waals surface area contributed by atoms with Crippen LogP contribution in [0.4, 0.5) is 10.5 Å². The zero-order valence-electron chi connectivity index (χ0n) is 16.7. The fourth-order valence-electron chi connectivity index (χ4n) is 3.25. The number of carbonyl (C=O) groups excluding carboxylic acids is 2. The van der Waals surface area contributed by atoms with Gasteiger partial charge in [0, 0.05) is 16.3 Å². The zero-order chi connectivity index (χ0) is 21.2. The number of β-amino-alcohol motifs (C(OH)–C–C–N with tert-alkyl or cyclic N) is 1. The molecular weight excluding hydrogens is 392 g/mol. The van der Waals surface area contributed by atoms with Gasteiger partial charge in [-0.3, -0.25) is 9.69 Å². The van der Waals surface area contributed by atoms with Crippen LogP contribution in [0.15, 0.2) is 48.5 Å². The van der Waals surface area contributed by atoms with E-state index in [1.165, 1.54) is 0 Å². The van der Waals surface area contributed by atoms with Crippen molar-refractivity contribution in [2.45, 2.75) is 44.9 Å². The number of nitrogens with zero attached hydrogens (tertiary/aromatic N) is 1. The van der Waals surface area contributed by atoms with Crippen LogP contribution in [0.5, 0.6) is 0 Å². The standard InChI is InChI=1S/C22H25ClN2O4/c1-22(2,3)29-21(28)25-13-18(26)12-19(25)14-6-10-17(11-7-14)24-20(27)15-4-8-16(23)9-5-15/h4-11,18-19,26H,12-13H2,1-3H3,(H,24,27). The predicted octanol–water partition coefficient (Wildman–Crippen LogP) is 4.64. The lowest BCUT2D eigenvalue weighted by atomic mass is 10.0. The van der Waals surface area contributed by atoms with E-state index in [4.69, 9.17) is 16.3 Å². The van der Waals surface area contributed by atoms with Crippen molar-refractivity contribution in [1.82, 2.24) is 4.90 Å². The molecule has 0 aromatic heterocycles. The number of likely N-dealkylation sites (tertiary alicyclic amines) is 1. The molecule has 1 saturated heterocycles. The van der Waals surface area contributed by atoms with Crippen molar-refractivity contribution in [2.24, 2.45) is 0 Å². The van der Waals surface area contributed by atoms with Crippen LogP contribution in [0.25, 0.3) is 0 Å². The normalized spacial score (nSPS) is 19.1. The van der Waals surface area contributed by atoms with Crippen molar-refractivity contribution in [2.75, 3.05) is 11.9 Å². The van der Waals surface area contributed by atoms with E-state index >= 15 is 0 Å². The molecule has 0 radical (unpaired) electrons. The summed E-state index contributed by atoms with van der Waals surface area (Å²) in [6.45, 7) is 5.66. The second kappa shape index (κ2) is 8.43. The van der Waals surface area contributed by atoms with Crippen LogP contribution in [0.1, 0.15) is 49.2 Å². The van der Waals surface area contributed by atoms with E-state index in [9.17, 15) is 14.7 Å². The molecule has 3 rings (SSSR count). The Hall–Kier alpha value is -2.57. The summed E-state index contributed by atoms with van der Waals surface area (Å²) in [7, 11) is 0. The predicted molar refractivity (Wildman–Crippen MR) is 112 cm³/mol. The summed E-state index contributed by atoms with van der Waals surface area (Å²) < 4.78 is 5.46. The van der Waals surface area contributed by atoms with Gasteiger partial charge in [-0.15, -0.1) is 0 Å². The molecule has 1 aliphatic heterocycles. The second-order valence-corrected chi connectivity index (χ2v) is 8.56. The number of aliphatic hydroxyl groups is 1. The highest BCUT2D eigenvalue weighted by Crippen LogP contribution is 2.34. The molecule has 2 aromatic carbocycles. The van der Waals surface area contributed by atoms with E-state index in [2.05, 4.69) is 5.32 Å². The van der Waals surface area contributed by atoms with Crippen LogP contribution in [-0.4, -0.2) is 40.3 Å². The number of carbonyl (C=O) groups is 2. The fourth-order valence-corrected chi connectivity index (χ4v) is 3.37. The van der Waals surface area contributed by atoms with Gasteiger partial charge in [0.05, 0.1) is 18.7 Å². The molecule has 0 bridgehead atoms. The first-order valence-corrected chi connectivity index (χ1v) is 9.85. The van der Waals surface area contributed by atoms with Crippen molar-refractivity contribution in [3.8, 4) is 0 Å². The van der Waals surface area contributed by atoms with Crippen molar-refractivity contribution in [3.05, 3.63) is 64.7 Å². The average molecular weight is 417 g/mol. The van der Waals surface area contributed by atoms with Gasteiger partial charge in [-0.25, -0.2) is 4.79 Å². The van der Waals surface area contributed by atoms with Gasteiger partial charge < -0.3 is 15.2 Å². The van der Waals surface area contributed by atoms with E-state index in [1.54, 1.807) is 41.3 Å². The molecule has 29 heavy (non-hydrogen) atoms. The number of rotatable bonds is 3. The molecule has 1 heterocycles. The summed E-state index contributed by atoms with van der Waals surface area (Å²) in [6.07, 6.45) is -0.605. The molecule has 2 N–H and O–H groups in total. The molecule has 0 spiro atoms. The molecule has 6 nitrogen and oxygen atoms in total. The lowest BCUT2D eigenvalue weighted by molar-refractivity contribution is 0.0206. The maximum absolute atomic E-state index is 12.5. The topological polar surface area (TPSA) is 78.9 Å². The molecule has 2 unspecified atom stereocenters. The minimum Gasteiger partial charge on any atom is -0.444 e. The van der Waals surface area contributed by atoms with Crippen LogP contribution >= 0.6 is 11.6 Å². The summed E-state index contributed by atoms with van der Waals surface area (Å²) in [5.74, 6) is -0.235. The molecule has 2 amide bonds. The maximum Gasteiger partial charge on any atom is 0.410 e. The third-order valence-corrected chi connectivity index (χ3v) is 4.82. The van der Waals surface area contributed by atoms with Gasteiger partial charge in [0.1, 0.15) is 5.60 Å². The molecular formula is C22H25ClN2O4. The highest BCUT2D eigenvalue weighted by Gasteiger charge is 2.37. The minimum absolute atomic E-state index is 0.231. The van der Waals surface area contributed by atoms with E-state index < -0.39 is 17.8 Å². The smallest absolute Gasteiger partial charge is 0.410 e. The Morgan fingerprint density at radius 2 is 1.72 bits per heavy atom. The maximum atomic E-state index is 12.5. The van der Waals surface area contributed by atoms with Crippen molar-refractivity contribution < 1.29 is 19.4 Å². The number of anilines is 1. The van der Waals surface area contributed by atoms with Crippen LogP contribution < -0.4 is 5.32 Å². The Morgan fingerprint density at radius 3 is 2.31 bits per heavy atom. The van der Waals surface area contributed by atoms with Crippen molar-refractivity contribution in [3.63, 3.8) is 0 Å². The van der Waals surface area contributed by atoms with E-state index in [1.807, 2.05) is 32.9 Å². The molecule has 1 fully saturated rings. The average Bonchev–Trinajstić information content (AvgIpc) is 3.03. The summed E-state index contributed by atoms with van der Waals surface area (Å²) in [6, 6.07) is 13.6. The van der Waals surface area contributed by atoms with E-state index in [0.29, 0.717) is 22.7 Å². The van der Waals surface area contributed by atoms with Crippen molar-refractivity contribution in [1.29, 1.82) is 0 Å².